The molecule has 1 unspecified atom stereocenters. The highest BCUT2D eigenvalue weighted by atomic mass is 16.1. The van der Waals surface area contributed by atoms with Crippen LogP contribution in [0.1, 0.15) is 66.2 Å². The summed E-state index contributed by atoms with van der Waals surface area (Å²) in [5.41, 5.74) is 2.23. The SMILES string of the molecule is CC(=O)c1c(C)c2cnc(Nc3ncccc3C3CNCCN3)nc2n(C2CCCC2)c1=O. The standard InChI is InChI=1S/C24H29N7O2/c1-14-18-12-28-24(29-21-17(8-5-9-27-21)19-13-25-10-11-26-19)30-22(18)31(16-6-3-4-7-16)23(33)20(14)15(2)32/h5,8-9,12,16,19,25-26H,3-4,6-7,10-11,13H2,1-2H3,(H,27,28,29,30). The molecule has 1 saturated heterocycles. The second kappa shape index (κ2) is 8.99. The van der Waals surface area contributed by atoms with Gasteiger partial charge in [0.15, 0.2) is 5.78 Å². The normalized spacial score (nSPS) is 19.2. The van der Waals surface area contributed by atoms with Crippen LogP contribution in [0.15, 0.2) is 29.3 Å². The number of nitrogens with one attached hydrogen (secondary N) is 3. The smallest absolute Gasteiger partial charge is 0.263 e. The molecular weight excluding hydrogens is 418 g/mol. The first-order valence-corrected chi connectivity index (χ1v) is 11.6. The Bertz CT molecular complexity index is 1260. The van der Waals surface area contributed by atoms with E-state index in [1.165, 1.54) is 6.92 Å². The van der Waals surface area contributed by atoms with Crippen molar-refractivity contribution in [2.45, 2.75) is 51.6 Å². The van der Waals surface area contributed by atoms with E-state index >= 15 is 0 Å². The monoisotopic (exact) mass is 447 g/mol. The molecule has 5 rings (SSSR count). The fourth-order valence-corrected chi connectivity index (χ4v) is 5.09. The van der Waals surface area contributed by atoms with E-state index in [1.54, 1.807) is 23.9 Å². The van der Waals surface area contributed by atoms with E-state index in [2.05, 4.69) is 25.9 Å². The highest BCUT2D eigenvalue weighted by Gasteiger charge is 2.26. The topological polar surface area (TPSA) is 114 Å². The maximum Gasteiger partial charge on any atom is 0.263 e. The molecule has 9 heteroatoms. The molecule has 0 aromatic carbocycles. The van der Waals surface area contributed by atoms with Gasteiger partial charge in [-0.25, -0.2) is 9.97 Å². The number of aromatic nitrogens is 4. The van der Waals surface area contributed by atoms with Crippen LogP contribution >= 0.6 is 0 Å². The van der Waals surface area contributed by atoms with Crippen LogP contribution in [0.25, 0.3) is 11.0 Å². The Balaban J connectivity index is 1.61. The number of fused-ring (bicyclic) bond motifs is 1. The van der Waals surface area contributed by atoms with E-state index in [-0.39, 0.29) is 29.0 Å². The second-order valence-electron chi connectivity index (χ2n) is 8.88. The van der Waals surface area contributed by atoms with Gasteiger partial charge in [0.1, 0.15) is 11.5 Å². The van der Waals surface area contributed by atoms with E-state index in [0.29, 0.717) is 23.0 Å². The Morgan fingerprint density at radius 1 is 1.21 bits per heavy atom. The average molecular weight is 448 g/mol. The molecule has 1 atom stereocenters. The van der Waals surface area contributed by atoms with Crippen molar-refractivity contribution in [2.75, 3.05) is 25.0 Å². The first kappa shape index (κ1) is 21.7. The summed E-state index contributed by atoms with van der Waals surface area (Å²) in [5.74, 6) is 0.845. The maximum atomic E-state index is 13.4. The van der Waals surface area contributed by atoms with Crippen LogP contribution in [0.2, 0.25) is 0 Å². The van der Waals surface area contributed by atoms with Crippen molar-refractivity contribution in [3.63, 3.8) is 0 Å². The first-order valence-electron chi connectivity index (χ1n) is 11.6. The second-order valence-corrected chi connectivity index (χ2v) is 8.88. The van der Waals surface area contributed by atoms with Crippen molar-refractivity contribution >= 4 is 28.6 Å². The van der Waals surface area contributed by atoms with Crippen LogP contribution in [0.3, 0.4) is 0 Å². The van der Waals surface area contributed by atoms with E-state index in [0.717, 1.165) is 56.3 Å². The Morgan fingerprint density at radius 3 is 2.76 bits per heavy atom. The number of hydrogen-bond donors (Lipinski definition) is 3. The number of pyridine rings is 2. The number of Topliss-reactive ketones (excluding diaryl/α,β-unsaturated/α-hetero) is 1. The number of ketones is 1. The van der Waals surface area contributed by atoms with Crippen LogP contribution in [-0.4, -0.2) is 44.9 Å². The summed E-state index contributed by atoms with van der Waals surface area (Å²) in [6.07, 6.45) is 7.40. The largest absolute Gasteiger partial charge is 0.314 e. The van der Waals surface area contributed by atoms with Gasteiger partial charge in [-0.05, 0) is 38.3 Å². The molecule has 0 bridgehead atoms. The Morgan fingerprint density at radius 2 is 2.03 bits per heavy atom. The van der Waals surface area contributed by atoms with Crippen LogP contribution in [-0.2, 0) is 0 Å². The quantitative estimate of drug-likeness (QED) is 0.512. The molecule has 172 valence electrons. The molecule has 3 aromatic rings. The fourth-order valence-electron chi connectivity index (χ4n) is 5.09. The molecule has 1 aliphatic carbocycles. The van der Waals surface area contributed by atoms with Gasteiger partial charge in [0.2, 0.25) is 5.95 Å². The lowest BCUT2D eigenvalue weighted by atomic mass is 10.0. The predicted octanol–water partition coefficient (Wildman–Crippen LogP) is 2.79. The molecule has 4 heterocycles. The van der Waals surface area contributed by atoms with Gasteiger partial charge in [-0.2, -0.15) is 4.98 Å². The summed E-state index contributed by atoms with van der Waals surface area (Å²) in [4.78, 5) is 39.5. The van der Waals surface area contributed by atoms with Crippen molar-refractivity contribution in [1.82, 2.24) is 30.2 Å². The number of anilines is 2. The lowest BCUT2D eigenvalue weighted by molar-refractivity contribution is 0.101. The lowest BCUT2D eigenvalue weighted by Crippen LogP contribution is -2.42. The molecule has 3 N–H and O–H groups in total. The molecule has 33 heavy (non-hydrogen) atoms. The zero-order valence-corrected chi connectivity index (χ0v) is 19.0. The van der Waals surface area contributed by atoms with Gasteiger partial charge in [-0.15, -0.1) is 0 Å². The molecule has 1 aliphatic heterocycles. The van der Waals surface area contributed by atoms with Gasteiger partial charge in [0, 0.05) is 55.1 Å². The molecule has 0 spiro atoms. The van der Waals surface area contributed by atoms with Crippen molar-refractivity contribution < 1.29 is 4.79 Å². The first-order chi connectivity index (χ1) is 16.0. The minimum Gasteiger partial charge on any atom is -0.314 e. The number of hydrogen-bond acceptors (Lipinski definition) is 8. The van der Waals surface area contributed by atoms with E-state index in [9.17, 15) is 9.59 Å². The van der Waals surface area contributed by atoms with Crippen LogP contribution in [0.5, 0.6) is 0 Å². The predicted molar refractivity (Wildman–Crippen MR) is 127 cm³/mol. The number of carbonyl (C=O) groups is 1. The molecule has 0 amide bonds. The Hall–Kier alpha value is -3.17. The number of nitrogens with zero attached hydrogens (tertiary/aromatic N) is 4. The number of aryl methyl sites for hydroxylation is 1. The summed E-state index contributed by atoms with van der Waals surface area (Å²) in [6, 6.07) is 4.14. The van der Waals surface area contributed by atoms with Gasteiger partial charge in [0.05, 0.1) is 5.56 Å². The minimum atomic E-state index is -0.250. The van der Waals surface area contributed by atoms with Crippen molar-refractivity contribution in [3.8, 4) is 0 Å². The third-order valence-corrected chi connectivity index (χ3v) is 6.74. The zero-order chi connectivity index (χ0) is 22.9. The van der Waals surface area contributed by atoms with Crippen molar-refractivity contribution in [3.05, 3.63) is 51.6 Å². The Labute approximate surface area is 192 Å². The summed E-state index contributed by atoms with van der Waals surface area (Å²) in [6.45, 7) is 5.88. The summed E-state index contributed by atoms with van der Waals surface area (Å²) in [7, 11) is 0. The van der Waals surface area contributed by atoms with Crippen LogP contribution in [0, 0.1) is 6.92 Å². The maximum absolute atomic E-state index is 13.4. The zero-order valence-electron chi connectivity index (χ0n) is 19.0. The van der Waals surface area contributed by atoms with Crippen molar-refractivity contribution in [2.24, 2.45) is 0 Å². The molecule has 2 fully saturated rings. The minimum absolute atomic E-state index is 0.0457. The molecular formula is C24H29N7O2. The van der Waals surface area contributed by atoms with Crippen molar-refractivity contribution in [1.29, 1.82) is 0 Å². The van der Waals surface area contributed by atoms with Crippen LogP contribution in [0.4, 0.5) is 11.8 Å². The van der Waals surface area contributed by atoms with E-state index in [1.807, 2.05) is 12.1 Å². The van der Waals surface area contributed by atoms with Crippen LogP contribution < -0.4 is 21.5 Å². The number of piperazine rings is 1. The van der Waals surface area contributed by atoms with E-state index in [4.69, 9.17) is 4.98 Å². The fraction of sp³-hybridized carbons (Fsp3) is 0.458. The Kier molecular flexibility index (Phi) is 5.90. The summed E-state index contributed by atoms with van der Waals surface area (Å²) < 4.78 is 1.73. The third-order valence-electron chi connectivity index (χ3n) is 6.74. The van der Waals surface area contributed by atoms with Gasteiger partial charge < -0.3 is 16.0 Å². The molecule has 2 aliphatic rings. The molecule has 9 nitrogen and oxygen atoms in total. The third kappa shape index (κ3) is 4.02. The highest BCUT2D eigenvalue weighted by molar-refractivity contribution is 5.99. The number of carbonyl (C=O) groups excluding carboxylic acids is 1. The highest BCUT2D eigenvalue weighted by Crippen LogP contribution is 2.32. The number of rotatable bonds is 5. The van der Waals surface area contributed by atoms with Gasteiger partial charge in [-0.3, -0.25) is 14.2 Å². The molecule has 3 aromatic heterocycles. The summed E-state index contributed by atoms with van der Waals surface area (Å²) >= 11 is 0. The van der Waals surface area contributed by atoms with E-state index < -0.39 is 0 Å². The molecule has 0 radical (unpaired) electrons. The lowest BCUT2D eigenvalue weighted by Gasteiger charge is -2.26. The molecule has 1 saturated carbocycles. The van der Waals surface area contributed by atoms with Gasteiger partial charge >= 0.3 is 0 Å². The summed E-state index contributed by atoms with van der Waals surface area (Å²) in [5, 5.41) is 10.9. The van der Waals surface area contributed by atoms with Gasteiger partial charge in [0.25, 0.3) is 5.56 Å². The van der Waals surface area contributed by atoms with Gasteiger partial charge in [-0.1, -0.05) is 18.9 Å². The average Bonchev–Trinajstić information content (AvgIpc) is 3.34.